The van der Waals surface area contributed by atoms with Crippen LogP contribution in [-0.2, 0) is 13.6 Å². The standard InChI is InChI=1S/C21H19N7O/c1-12-14(11-28(2)27-12)10-22-21(29)13-7-8-17-18(9-13)24-20(23-17)19-15-5-3-4-6-16(15)25-26-19/h3-9,11H,10H2,1-2H3,(H,22,29)(H,23,24)(H,25,26). The molecular weight excluding hydrogens is 366 g/mol. The molecule has 144 valence electrons. The second-order valence-corrected chi connectivity index (χ2v) is 7.03. The van der Waals surface area contributed by atoms with E-state index in [1.54, 1.807) is 16.8 Å². The van der Waals surface area contributed by atoms with Crippen LogP contribution in [0.5, 0.6) is 0 Å². The summed E-state index contributed by atoms with van der Waals surface area (Å²) in [7, 11) is 1.87. The van der Waals surface area contributed by atoms with Crippen LogP contribution in [0.2, 0.25) is 0 Å². The lowest BCUT2D eigenvalue weighted by Crippen LogP contribution is -2.22. The smallest absolute Gasteiger partial charge is 0.251 e. The molecule has 3 heterocycles. The predicted octanol–water partition coefficient (Wildman–Crippen LogP) is 3.08. The van der Waals surface area contributed by atoms with Gasteiger partial charge < -0.3 is 10.3 Å². The number of carbonyl (C=O) groups is 1. The lowest BCUT2D eigenvalue weighted by molar-refractivity contribution is 0.0951. The van der Waals surface area contributed by atoms with Crippen LogP contribution in [0.3, 0.4) is 0 Å². The minimum atomic E-state index is -0.148. The quantitative estimate of drug-likeness (QED) is 0.442. The van der Waals surface area contributed by atoms with Crippen molar-refractivity contribution in [2.75, 3.05) is 0 Å². The third kappa shape index (κ3) is 3.04. The lowest BCUT2D eigenvalue weighted by atomic mass is 10.2. The Morgan fingerprint density at radius 3 is 2.86 bits per heavy atom. The largest absolute Gasteiger partial charge is 0.348 e. The molecule has 3 N–H and O–H groups in total. The Balaban J connectivity index is 1.42. The van der Waals surface area contributed by atoms with E-state index < -0.39 is 0 Å². The Morgan fingerprint density at radius 1 is 1.17 bits per heavy atom. The molecule has 3 aromatic heterocycles. The van der Waals surface area contributed by atoms with Crippen molar-refractivity contribution in [3.63, 3.8) is 0 Å². The Kier molecular flexibility index (Phi) is 3.90. The number of hydrogen-bond acceptors (Lipinski definition) is 4. The summed E-state index contributed by atoms with van der Waals surface area (Å²) in [5, 5.41) is 15.6. The number of H-pyrrole nitrogens is 2. The fraction of sp³-hybridized carbons (Fsp3) is 0.143. The van der Waals surface area contributed by atoms with Gasteiger partial charge in [0.05, 0.1) is 22.2 Å². The number of amides is 1. The number of rotatable bonds is 4. The first-order chi connectivity index (χ1) is 14.1. The van der Waals surface area contributed by atoms with Gasteiger partial charge in [-0.25, -0.2) is 4.98 Å². The van der Waals surface area contributed by atoms with Gasteiger partial charge in [0.25, 0.3) is 5.91 Å². The number of imidazole rings is 1. The minimum absolute atomic E-state index is 0.148. The normalized spacial score (nSPS) is 11.4. The molecule has 0 aliphatic carbocycles. The first kappa shape index (κ1) is 17.2. The average Bonchev–Trinajstić information content (AvgIpc) is 3.41. The second kappa shape index (κ2) is 6.59. The number of aryl methyl sites for hydroxylation is 2. The summed E-state index contributed by atoms with van der Waals surface area (Å²) < 4.78 is 1.74. The molecule has 0 aliphatic rings. The first-order valence-electron chi connectivity index (χ1n) is 9.29. The fourth-order valence-electron chi connectivity index (χ4n) is 3.50. The van der Waals surface area contributed by atoms with Gasteiger partial charge in [-0.15, -0.1) is 0 Å². The molecule has 0 bridgehead atoms. The Morgan fingerprint density at radius 2 is 2.03 bits per heavy atom. The van der Waals surface area contributed by atoms with E-state index in [0.717, 1.165) is 38.9 Å². The van der Waals surface area contributed by atoms with Gasteiger partial charge in [0.15, 0.2) is 5.82 Å². The Labute approximate surface area is 166 Å². The van der Waals surface area contributed by atoms with Crippen molar-refractivity contribution in [2.45, 2.75) is 13.5 Å². The molecule has 5 aromatic rings. The average molecular weight is 385 g/mol. The number of carbonyl (C=O) groups excluding carboxylic acids is 1. The number of fused-ring (bicyclic) bond motifs is 2. The number of benzene rings is 2. The van der Waals surface area contributed by atoms with E-state index in [2.05, 4.69) is 30.6 Å². The van der Waals surface area contributed by atoms with Gasteiger partial charge in [0.1, 0.15) is 5.69 Å². The molecule has 0 saturated heterocycles. The SMILES string of the molecule is Cc1nn(C)cc1CNC(=O)c1ccc2[nH]c(-c3n[nH]c4ccccc34)nc2c1. The van der Waals surface area contributed by atoms with Crippen molar-refractivity contribution in [2.24, 2.45) is 7.05 Å². The van der Waals surface area contributed by atoms with Crippen LogP contribution in [0.15, 0.2) is 48.7 Å². The van der Waals surface area contributed by atoms with Gasteiger partial charge in [-0.2, -0.15) is 10.2 Å². The zero-order valence-electron chi connectivity index (χ0n) is 16.0. The first-order valence-corrected chi connectivity index (χ1v) is 9.29. The molecule has 0 aliphatic heterocycles. The minimum Gasteiger partial charge on any atom is -0.348 e. The van der Waals surface area contributed by atoms with Gasteiger partial charge >= 0.3 is 0 Å². The summed E-state index contributed by atoms with van der Waals surface area (Å²) in [6.45, 7) is 2.36. The van der Waals surface area contributed by atoms with Gasteiger partial charge in [0, 0.05) is 36.3 Å². The fourth-order valence-corrected chi connectivity index (χ4v) is 3.50. The Bertz CT molecular complexity index is 1360. The van der Waals surface area contributed by atoms with Crippen molar-refractivity contribution < 1.29 is 4.79 Å². The highest BCUT2D eigenvalue weighted by molar-refractivity contribution is 5.98. The van der Waals surface area contributed by atoms with E-state index in [1.165, 1.54) is 0 Å². The van der Waals surface area contributed by atoms with Crippen LogP contribution in [0.1, 0.15) is 21.6 Å². The summed E-state index contributed by atoms with van der Waals surface area (Å²) in [5.74, 6) is 0.519. The molecule has 0 atom stereocenters. The third-order valence-electron chi connectivity index (χ3n) is 4.99. The van der Waals surface area contributed by atoms with Crippen LogP contribution in [0, 0.1) is 6.92 Å². The van der Waals surface area contributed by atoms with Crippen molar-refractivity contribution in [1.82, 2.24) is 35.3 Å². The molecule has 0 spiro atoms. The summed E-state index contributed by atoms with van der Waals surface area (Å²) >= 11 is 0. The summed E-state index contributed by atoms with van der Waals surface area (Å²) in [4.78, 5) is 20.5. The molecule has 1 amide bonds. The summed E-state index contributed by atoms with van der Waals surface area (Å²) in [5.41, 5.74) is 5.75. The summed E-state index contributed by atoms with van der Waals surface area (Å²) in [6.07, 6.45) is 1.91. The van der Waals surface area contributed by atoms with Crippen molar-refractivity contribution in [1.29, 1.82) is 0 Å². The molecule has 2 aromatic carbocycles. The van der Waals surface area contributed by atoms with Gasteiger partial charge in [0.2, 0.25) is 0 Å². The number of nitrogens with zero attached hydrogens (tertiary/aromatic N) is 4. The highest BCUT2D eigenvalue weighted by Crippen LogP contribution is 2.26. The molecule has 0 unspecified atom stereocenters. The van der Waals surface area contributed by atoms with Crippen LogP contribution in [0.25, 0.3) is 33.5 Å². The molecule has 8 nitrogen and oxygen atoms in total. The van der Waals surface area contributed by atoms with E-state index in [9.17, 15) is 4.79 Å². The highest BCUT2D eigenvalue weighted by Gasteiger charge is 2.14. The highest BCUT2D eigenvalue weighted by atomic mass is 16.1. The third-order valence-corrected chi connectivity index (χ3v) is 4.99. The molecule has 0 saturated carbocycles. The van der Waals surface area contributed by atoms with Gasteiger partial charge in [-0.05, 0) is 31.2 Å². The van der Waals surface area contributed by atoms with Crippen molar-refractivity contribution >= 4 is 27.8 Å². The molecular formula is C21H19N7O. The van der Waals surface area contributed by atoms with Crippen LogP contribution in [-0.4, -0.2) is 35.9 Å². The summed E-state index contributed by atoms with van der Waals surface area (Å²) in [6, 6.07) is 13.3. The maximum Gasteiger partial charge on any atom is 0.251 e. The molecule has 0 radical (unpaired) electrons. The molecule has 8 heteroatoms. The topological polar surface area (TPSA) is 104 Å². The monoisotopic (exact) mass is 385 g/mol. The Hall–Kier alpha value is -3.94. The number of nitrogens with one attached hydrogen (secondary N) is 3. The maximum absolute atomic E-state index is 12.6. The van der Waals surface area contributed by atoms with Crippen LogP contribution in [0.4, 0.5) is 0 Å². The van der Waals surface area contributed by atoms with Crippen molar-refractivity contribution in [3.05, 3.63) is 65.5 Å². The number of aromatic amines is 2. The molecule has 29 heavy (non-hydrogen) atoms. The number of para-hydroxylation sites is 1. The number of hydrogen-bond donors (Lipinski definition) is 3. The molecule has 5 rings (SSSR count). The van der Waals surface area contributed by atoms with E-state index >= 15 is 0 Å². The molecule has 0 fully saturated rings. The zero-order valence-corrected chi connectivity index (χ0v) is 16.0. The predicted molar refractivity (Wildman–Crippen MR) is 110 cm³/mol. The van der Waals surface area contributed by atoms with Crippen LogP contribution >= 0.6 is 0 Å². The van der Waals surface area contributed by atoms with Crippen molar-refractivity contribution in [3.8, 4) is 11.5 Å². The maximum atomic E-state index is 12.6. The lowest BCUT2D eigenvalue weighted by Gasteiger charge is -2.04. The van der Waals surface area contributed by atoms with E-state index in [0.29, 0.717) is 17.9 Å². The van der Waals surface area contributed by atoms with E-state index in [-0.39, 0.29) is 5.91 Å². The second-order valence-electron chi connectivity index (χ2n) is 7.03. The van der Waals surface area contributed by atoms with Gasteiger partial charge in [-0.3, -0.25) is 14.6 Å². The van der Waals surface area contributed by atoms with Crippen LogP contribution < -0.4 is 5.32 Å². The van der Waals surface area contributed by atoms with E-state index in [4.69, 9.17) is 0 Å². The van der Waals surface area contributed by atoms with E-state index in [1.807, 2.05) is 50.5 Å². The van der Waals surface area contributed by atoms with Gasteiger partial charge in [-0.1, -0.05) is 18.2 Å². The zero-order chi connectivity index (χ0) is 20.0. The number of aromatic nitrogens is 6.